The van der Waals surface area contributed by atoms with Crippen LogP contribution >= 0.6 is 0 Å². The number of nitrogens with zero attached hydrogens (tertiary/aromatic N) is 2. The van der Waals surface area contributed by atoms with Crippen molar-refractivity contribution in [3.63, 3.8) is 0 Å². The number of nitrogens with one attached hydrogen (secondary N) is 2. The minimum Gasteiger partial charge on any atom is -0.490 e. The first kappa shape index (κ1) is 15.7. The Morgan fingerprint density at radius 1 is 1.32 bits per heavy atom. The standard InChI is InChI=1S/C19H20N4O2/c24-19(15-3-4-18-14(10-15)5-7-22-18)23-9-8-21-11-16(23)13-25-17-2-1-6-20-12-17/h1-7,10,12,16,21-22H,8-9,11,13H2. The molecule has 3 aromatic rings. The molecule has 1 aromatic carbocycles. The molecule has 1 saturated heterocycles. The first-order valence-corrected chi connectivity index (χ1v) is 8.43. The lowest BCUT2D eigenvalue weighted by molar-refractivity contribution is 0.0559. The zero-order valence-corrected chi connectivity index (χ0v) is 13.8. The molecule has 0 aliphatic carbocycles. The molecule has 0 saturated carbocycles. The smallest absolute Gasteiger partial charge is 0.254 e. The largest absolute Gasteiger partial charge is 0.490 e. The average Bonchev–Trinajstić information content (AvgIpc) is 3.14. The number of hydrogen-bond acceptors (Lipinski definition) is 4. The number of carbonyl (C=O) groups is 1. The quantitative estimate of drug-likeness (QED) is 0.765. The van der Waals surface area contributed by atoms with E-state index in [1.54, 1.807) is 12.4 Å². The van der Waals surface area contributed by atoms with E-state index in [4.69, 9.17) is 4.74 Å². The topological polar surface area (TPSA) is 70.2 Å². The van der Waals surface area contributed by atoms with Crippen molar-refractivity contribution in [3.8, 4) is 5.75 Å². The van der Waals surface area contributed by atoms with Crippen molar-refractivity contribution in [2.45, 2.75) is 6.04 Å². The van der Waals surface area contributed by atoms with Crippen LogP contribution in [0.4, 0.5) is 0 Å². The Morgan fingerprint density at radius 3 is 3.16 bits per heavy atom. The molecule has 2 aromatic heterocycles. The molecule has 3 heterocycles. The number of benzene rings is 1. The van der Waals surface area contributed by atoms with Gasteiger partial charge in [-0.3, -0.25) is 9.78 Å². The Bertz CT molecular complexity index is 862. The lowest BCUT2D eigenvalue weighted by Crippen LogP contribution is -2.55. The number of aromatic amines is 1. The summed E-state index contributed by atoms with van der Waals surface area (Å²) < 4.78 is 5.82. The highest BCUT2D eigenvalue weighted by atomic mass is 16.5. The number of fused-ring (bicyclic) bond motifs is 1. The van der Waals surface area contributed by atoms with Crippen LogP contribution in [0.2, 0.25) is 0 Å². The van der Waals surface area contributed by atoms with Crippen LogP contribution < -0.4 is 10.1 Å². The van der Waals surface area contributed by atoms with E-state index < -0.39 is 0 Å². The summed E-state index contributed by atoms with van der Waals surface area (Å²) in [6, 6.07) is 11.4. The van der Waals surface area contributed by atoms with Gasteiger partial charge in [-0.15, -0.1) is 0 Å². The number of H-pyrrole nitrogens is 1. The Balaban J connectivity index is 1.50. The Hall–Kier alpha value is -2.86. The van der Waals surface area contributed by atoms with Gasteiger partial charge >= 0.3 is 0 Å². The van der Waals surface area contributed by atoms with Crippen LogP contribution in [0.5, 0.6) is 5.75 Å². The Morgan fingerprint density at radius 2 is 2.28 bits per heavy atom. The van der Waals surface area contributed by atoms with Crippen LogP contribution in [0.15, 0.2) is 55.0 Å². The number of hydrogen-bond donors (Lipinski definition) is 2. The highest BCUT2D eigenvalue weighted by Crippen LogP contribution is 2.18. The molecule has 1 aliphatic rings. The third-order valence-electron chi connectivity index (χ3n) is 4.49. The summed E-state index contributed by atoms with van der Waals surface area (Å²) in [6.07, 6.45) is 5.28. The minimum atomic E-state index is -0.0108. The summed E-state index contributed by atoms with van der Waals surface area (Å²) in [5, 5.41) is 4.38. The third-order valence-corrected chi connectivity index (χ3v) is 4.49. The van der Waals surface area contributed by atoms with Gasteiger partial charge in [0, 0.05) is 48.5 Å². The first-order valence-electron chi connectivity index (χ1n) is 8.43. The van der Waals surface area contributed by atoms with E-state index in [2.05, 4.69) is 15.3 Å². The predicted molar refractivity (Wildman–Crippen MR) is 95.7 cm³/mol. The maximum atomic E-state index is 13.0. The van der Waals surface area contributed by atoms with Gasteiger partial charge in [0.05, 0.1) is 12.2 Å². The Labute approximate surface area is 145 Å². The summed E-state index contributed by atoms with van der Waals surface area (Å²) >= 11 is 0. The van der Waals surface area contributed by atoms with E-state index in [1.165, 1.54) is 0 Å². The van der Waals surface area contributed by atoms with Crippen molar-refractivity contribution in [1.82, 2.24) is 20.2 Å². The van der Waals surface area contributed by atoms with Gasteiger partial charge < -0.3 is 19.9 Å². The van der Waals surface area contributed by atoms with Gasteiger partial charge in [-0.2, -0.15) is 0 Å². The molecule has 1 amide bonds. The molecular formula is C19H20N4O2. The van der Waals surface area contributed by atoms with E-state index in [0.29, 0.717) is 24.5 Å². The van der Waals surface area contributed by atoms with Gasteiger partial charge in [0.1, 0.15) is 12.4 Å². The summed E-state index contributed by atoms with van der Waals surface area (Å²) in [5.41, 5.74) is 1.74. The van der Waals surface area contributed by atoms with Crippen molar-refractivity contribution in [1.29, 1.82) is 0 Å². The molecule has 4 rings (SSSR count). The average molecular weight is 336 g/mol. The van der Waals surface area contributed by atoms with Gasteiger partial charge in [-0.1, -0.05) is 0 Å². The SMILES string of the molecule is O=C(c1ccc2[nH]ccc2c1)N1CCNCC1COc1cccnc1. The number of piperazine rings is 1. The summed E-state index contributed by atoms with van der Waals surface area (Å²) in [7, 11) is 0. The lowest BCUT2D eigenvalue weighted by Gasteiger charge is -2.36. The van der Waals surface area contributed by atoms with E-state index in [1.807, 2.05) is 47.5 Å². The maximum absolute atomic E-state index is 13.0. The van der Waals surface area contributed by atoms with Gasteiger partial charge in [0.2, 0.25) is 0 Å². The van der Waals surface area contributed by atoms with Crippen LogP contribution in [-0.2, 0) is 0 Å². The second-order valence-electron chi connectivity index (χ2n) is 6.14. The van der Waals surface area contributed by atoms with E-state index >= 15 is 0 Å². The molecule has 25 heavy (non-hydrogen) atoms. The second-order valence-corrected chi connectivity index (χ2v) is 6.14. The molecule has 1 unspecified atom stereocenters. The fourth-order valence-corrected chi connectivity index (χ4v) is 3.15. The first-order chi connectivity index (χ1) is 12.3. The Kier molecular flexibility index (Phi) is 4.35. The van der Waals surface area contributed by atoms with Crippen LogP contribution in [0.3, 0.4) is 0 Å². The number of pyridine rings is 1. The van der Waals surface area contributed by atoms with Crippen LogP contribution in [-0.4, -0.2) is 53.1 Å². The molecule has 1 aliphatic heterocycles. The molecular weight excluding hydrogens is 316 g/mol. The zero-order valence-electron chi connectivity index (χ0n) is 13.8. The fraction of sp³-hybridized carbons (Fsp3) is 0.263. The van der Waals surface area contributed by atoms with Gasteiger partial charge in [0.25, 0.3) is 5.91 Å². The third kappa shape index (κ3) is 3.34. The second kappa shape index (κ2) is 6.94. The fourth-order valence-electron chi connectivity index (χ4n) is 3.15. The van der Waals surface area contributed by atoms with E-state index in [-0.39, 0.29) is 11.9 Å². The van der Waals surface area contributed by atoms with Crippen molar-refractivity contribution in [2.75, 3.05) is 26.2 Å². The molecule has 1 fully saturated rings. The van der Waals surface area contributed by atoms with Gasteiger partial charge in [-0.05, 0) is 36.4 Å². The van der Waals surface area contributed by atoms with Crippen LogP contribution in [0.25, 0.3) is 10.9 Å². The maximum Gasteiger partial charge on any atom is 0.254 e. The monoisotopic (exact) mass is 336 g/mol. The molecule has 6 nitrogen and oxygen atoms in total. The molecule has 6 heteroatoms. The van der Waals surface area contributed by atoms with Gasteiger partial charge in [-0.25, -0.2) is 0 Å². The van der Waals surface area contributed by atoms with E-state index in [9.17, 15) is 4.79 Å². The molecule has 0 radical (unpaired) electrons. The zero-order chi connectivity index (χ0) is 17.1. The van der Waals surface area contributed by atoms with Crippen LogP contribution in [0, 0.1) is 0 Å². The van der Waals surface area contributed by atoms with Gasteiger partial charge in [0.15, 0.2) is 0 Å². The highest BCUT2D eigenvalue weighted by molar-refractivity contribution is 5.98. The van der Waals surface area contributed by atoms with Crippen molar-refractivity contribution >= 4 is 16.8 Å². The van der Waals surface area contributed by atoms with Crippen molar-refractivity contribution in [2.24, 2.45) is 0 Å². The summed E-state index contributed by atoms with van der Waals surface area (Å²) in [5.74, 6) is 0.763. The molecule has 128 valence electrons. The molecule has 0 bridgehead atoms. The van der Waals surface area contributed by atoms with E-state index in [0.717, 1.165) is 24.0 Å². The summed E-state index contributed by atoms with van der Waals surface area (Å²) in [6.45, 7) is 2.63. The highest BCUT2D eigenvalue weighted by Gasteiger charge is 2.28. The predicted octanol–water partition coefficient (Wildman–Crippen LogP) is 2.06. The van der Waals surface area contributed by atoms with Crippen LogP contribution in [0.1, 0.15) is 10.4 Å². The van der Waals surface area contributed by atoms with Crippen molar-refractivity contribution < 1.29 is 9.53 Å². The number of amides is 1. The number of aromatic nitrogens is 2. The molecule has 1 atom stereocenters. The lowest BCUT2D eigenvalue weighted by atomic mass is 10.1. The molecule has 2 N–H and O–H groups in total. The van der Waals surface area contributed by atoms with Crippen molar-refractivity contribution in [3.05, 3.63) is 60.6 Å². The number of carbonyl (C=O) groups excluding carboxylic acids is 1. The number of rotatable bonds is 4. The molecule has 0 spiro atoms. The summed E-state index contributed by atoms with van der Waals surface area (Å²) in [4.78, 5) is 22.1. The normalized spacial score (nSPS) is 17.6. The number of ether oxygens (including phenoxy) is 1. The minimum absolute atomic E-state index is 0.0108.